The first kappa shape index (κ1) is 20.0. The molecule has 0 spiro atoms. The molecule has 0 fully saturated rings. The van der Waals surface area contributed by atoms with Gasteiger partial charge in [-0.2, -0.15) is 0 Å². The third-order valence-corrected chi connectivity index (χ3v) is 5.04. The molecule has 0 radical (unpaired) electrons. The maximum atomic E-state index is 12.6. The van der Waals surface area contributed by atoms with Crippen molar-refractivity contribution >= 4 is 34.8 Å². The molecule has 2 aromatic carbocycles. The molecule has 28 heavy (non-hydrogen) atoms. The fourth-order valence-electron chi connectivity index (χ4n) is 3.23. The van der Waals surface area contributed by atoms with Crippen molar-refractivity contribution in [1.82, 2.24) is 9.80 Å². The summed E-state index contributed by atoms with van der Waals surface area (Å²) in [7, 11) is 3.44. The van der Waals surface area contributed by atoms with Crippen molar-refractivity contribution in [2.24, 2.45) is 0 Å². The van der Waals surface area contributed by atoms with Gasteiger partial charge in [-0.15, -0.1) is 0 Å². The fourth-order valence-corrected chi connectivity index (χ4v) is 3.42. The zero-order valence-corrected chi connectivity index (χ0v) is 17.1. The van der Waals surface area contributed by atoms with Crippen molar-refractivity contribution in [2.45, 2.75) is 13.3 Å². The maximum Gasteiger partial charge on any atom is 0.322 e. The number of urea groups is 1. The molecule has 0 unspecified atom stereocenters. The van der Waals surface area contributed by atoms with E-state index in [0.717, 1.165) is 17.5 Å². The number of hydrogen-bond donors (Lipinski definition) is 1. The van der Waals surface area contributed by atoms with E-state index in [-0.39, 0.29) is 11.9 Å². The van der Waals surface area contributed by atoms with E-state index in [0.29, 0.717) is 29.4 Å². The van der Waals surface area contributed by atoms with Gasteiger partial charge in [0.25, 0.3) is 5.91 Å². The van der Waals surface area contributed by atoms with Crippen LogP contribution in [0.15, 0.2) is 48.5 Å². The van der Waals surface area contributed by atoms with Crippen LogP contribution in [0.25, 0.3) is 5.57 Å². The van der Waals surface area contributed by atoms with E-state index in [4.69, 9.17) is 11.6 Å². The van der Waals surface area contributed by atoms with Crippen LogP contribution in [0.2, 0.25) is 5.02 Å². The van der Waals surface area contributed by atoms with Crippen LogP contribution in [0.1, 0.15) is 27.9 Å². The molecule has 0 aliphatic carbocycles. The average Bonchev–Trinajstić information content (AvgIpc) is 2.67. The largest absolute Gasteiger partial charge is 0.345 e. The highest BCUT2D eigenvalue weighted by Gasteiger charge is 2.19. The Morgan fingerprint density at radius 2 is 1.93 bits per heavy atom. The Morgan fingerprint density at radius 3 is 2.54 bits per heavy atom. The standard InChI is InChI=1S/C22H24ClN3O2/c1-15-13-19(7-8-20(15)21(27)25(2)3)24-22(28)26-11-9-16(10-12-26)17-5-4-6-18(23)14-17/h4-9,13-14H,10-12H2,1-3H3,(H,24,28). The van der Waals surface area contributed by atoms with E-state index in [2.05, 4.69) is 11.4 Å². The van der Waals surface area contributed by atoms with Crippen LogP contribution in [0.3, 0.4) is 0 Å². The Balaban J connectivity index is 1.64. The lowest BCUT2D eigenvalue weighted by atomic mass is 10.00. The molecular formula is C22H24ClN3O2. The van der Waals surface area contributed by atoms with Crippen LogP contribution in [-0.2, 0) is 0 Å². The predicted octanol–water partition coefficient (Wildman–Crippen LogP) is 4.67. The molecule has 6 heteroatoms. The number of hydrogen-bond acceptors (Lipinski definition) is 2. The Bertz CT molecular complexity index is 937. The van der Waals surface area contributed by atoms with Crippen LogP contribution >= 0.6 is 11.6 Å². The molecule has 3 rings (SSSR count). The molecule has 1 aliphatic rings. The molecule has 2 aromatic rings. The van der Waals surface area contributed by atoms with Crippen molar-refractivity contribution in [3.63, 3.8) is 0 Å². The minimum Gasteiger partial charge on any atom is -0.345 e. The molecule has 0 saturated carbocycles. The maximum absolute atomic E-state index is 12.6. The van der Waals surface area contributed by atoms with Gasteiger partial charge in [0.05, 0.1) is 0 Å². The Kier molecular flexibility index (Phi) is 6.05. The van der Waals surface area contributed by atoms with Crippen LogP contribution in [-0.4, -0.2) is 48.9 Å². The van der Waals surface area contributed by atoms with Gasteiger partial charge in [-0.25, -0.2) is 4.79 Å². The number of benzene rings is 2. The third kappa shape index (κ3) is 4.54. The van der Waals surface area contributed by atoms with Crippen molar-refractivity contribution in [2.75, 3.05) is 32.5 Å². The number of amides is 3. The number of carbonyl (C=O) groups excluding carboxylic acids is 2. The zero-order valence-electron chi connectivity index (χ0n) is 16.3. The van der Waals surface area contributed by atoms with E-state index >= 15 is 0 Å². The minimum absolute atomic E-state index is 0.0508. The lowest BCUT2D eigenvalue weighted by Crippen LogP contribution is -2.37. The van der Waals surface area contributed by atoms with Crippen molar-refractivity contribution < 1.29 is 9.59 Å². The number of halogens is 1. The smallest absolute Gasteiger partial charge is 0.322 e. The third-order valence-electron chi connectivity index (χ3n) is 4.81. The average molecular weight is 398 g/mol. The summed E-state index contributed by atoms with van der Waals surface area (Å²) in [5.41, 5.74) is 4.45. The highest BCUT2D eigenvalue weighted by Crippen LogP contribution is 2.25. The lowest BCUT2D eigenvalue weighted by molar-refractivity contribution is 0.0827. The summed E-state index contributed by atoms with van der Waals surface area (Å²) in [5.74, 6) is -0.0508. The summed E-state index contributed by atoms with van der Waals surface area (Å²) in [5, 5.41) is 3.64. The summed E-state index contributed by atoms with van der Waals surface area (Å²) >= 11 is 6.07. The predicted molar refractivity (Wildman–Crippen MR) is 114 cm³/mol. The second-order valence-corrected chi connectivity index (χ2v) is 7.53. The fraction of sp³-hybridized carbons (Fsp3) is 0.273. The van der Waals surface area contributed by atoms with Gasteiger partial charge in [0.1, 0.15) is 0 Å². The number of nitrogens with one attached hydrogen (secondary N) is 1. The SMILES string of the molecule is Cc1cc(NC(=O)N2CC=C(c3cccc(Cl)c3)CC2)ccc1C(=O)N(C)C. The summed E-state index contributed by atoms with van der Waals surface area (Å²) in [6.07, 6.45) is 2.85. The van der Waals surface area contributed by atoms with Crippen molar-refractivity contribution in [3.05, 3.63) is 70.3 Å². The monoisotopic (exact) mass is 397 g/mol. The molecule has 146 valence electrons. The van der Waals surface area contributed by atoms with E-state index in [9.17, 15) is 9.59 Å². The molecule has 0 atom stereocenters. The molecule has 0 bridgehead atoms. The van der Waals surface area contributed by atoms with Crippen molar-refractivity contribution in [1.29, 1.82) is 0 Å². The first-order valence-electron chi connectivity index (χ1n) is 9.18. The summed E-state index contributed by atoms with van der Waals surface area (Å²) in [6, 6.07) is 13.0. The van der Waals surface area contributed by atoms with Gasteiger partial charge in [-0.3, -0.25) is 4.79 Å². The molecule has 1 heterocycles. The molecule has 0 saturated heterocycles. The normalized spacial score (nSPS) is 13.7. The van der Waals surface area contributed by atoms with Gasteiger partial charge in [0.15, 0.2) is 0 Å². The molecule has 1 aliphatic heterocycles. The first-order valence-corrected chi connectivity index (χ1v) is 9.56. The topological polar surface area (TPSA) is 52.7 Å². The van der Waals surface area contributed by atoms with E-state index in [1.807, 2.05) is 37.3 Å². The van der Waals surface area contributed by atoms with Crippen LogP contribution in [0.5, 0.6) is 0 Å². The molecular weight excluding hydrogens is 374 g/mol. The summed E-state index contributed by atoms with van der Waals surface area (Å²) in [4.78, 5) is 28.0. The number of rotatable bonds is 3. The number of carbonyl (C=O) groups is 2. The Labute approximate surface area is 170 Å². The second kappa shape index (κ2) is 8.48. The van der Waals surface area contributed by atoms with Gasteiger partial charge in [0.2, 0.25) is 0 Å². The number of anilines is 1. The van der Waals surface area contributed by atoms with E-state index in [1.165, 1.54) is 10.5 Å². The second-order valence-electron chi connectivity index (χ2n) is 7.10. The number of nitrogens with zero attached hydrogens (tertiary/aromatic N) is 2. The molecule has 3 amide bonds. The van der Waals surface area contributed by atoms with Gasteiger partial charge >= 0.3 is 6.03 Å². The van der Waals surface area contributed by atoms with Crippen molar-refractivity contribution in [3.8, 4) is 0 Å². The van der Waals surface area contributed by atoms with Crippen LogP contribution in [0, 0.1) is 6.92 Å². The van der Waals surface area contributed by atoms with Gasteiger partial charge in [0, 0.05) is 43.5 Å². The summed E-state index contributed by atoms with van der Waals surface area (Å²) in [6.45, 7) is 3.05. The molecule has 1 N–H and O–H groups in total. The van der Waals surface area contributed by atoms with Gasteiger partial charge < -0.3 is 15.1 Å². The highest BCUT2D eigenvalue weighted by atomic mass is 35.5. The quantitative estimate of drug-likeness (QED) is 0.818. The zero-order chi connectivity index (χ0) is 20.3. The lowest BCUT2D eigenvalue weighted by Gasteiger charge is -2.27. The van der Waals surface area contributed by atoms with E-state index < -0.39 is 0 Å². The van der Waals surface area contributed by atoms with Crippen LogP contribution < -0.4 is 5.32 Å². The Hall–Kier alpha value is -2.79. The molecule has 0 aromatic heterocycles. The van der Waals surface area contributed by atoms with E-state index in [1.54, 1.807) is 31.1 Å². The highest BCUT2D eigenvalue weighted by molar-refractivity contribution is 6.30. The van der Waals surface area contributed by atoms with Crippen LogP contribution in [0.4, 0.5) is 10.5 Å². The Morgan fingerprint density at radius 1 is 1.14 bits per heavy atom. The first-order chi connectivity index (χ1) is 13.3. The molecule has 5 nitrogen and oxygen atoms in total. The summed E-state index contributed by atoms with van der Waals surface area (Å²) < 4.78 is 0. The van der Waals surface area contributed by atoms with Gasteiger partial charge in [-0.05, 0) is 60.4 Å². The number of aryl methyl sites for hydroxylation is 1. The van der Waals surface area contributed by atoms with Gasteiger partial charge in [-0.1, -0.05) is 29.8 Å². The minimum atomic E-state index is -0.146.